The molecule has 0 unspecified atom stereocenters. The molecule has 2 atom stereocenters. The van der Waals surface area contributed by atoms with Crippen LogP contribution < -0.4 is 0 Å². The molecular weight excluding hydrogens is 288 g/mol. The van der Waals surface area contributed by atoms with Crippen LogP contribution in [0, 0.1) is 5.92 Å². The molecule has 1 saturated heterocycles. The summed E-state index contributed by atoms with van der Waals surface area (Å²) in [7, 11) is 0. The lowest BCUT2D eigenvalue weighted by atomic mass is 9.90. The van der Waals surface area contributed by atoms with Gasteiger partial charge in [0, 0.05) is 24.6 Å². The van der Waals surface area contributed by atoms with E-state index < -0.39 is 0 Å². The Labute approximate surface area is 136 Å². The lowest BCUT2D eigenvalue weighted by Gasteiger charge is -2.24. The molecule has 1 amide bonds. The fraction of sp³-hybridized carbons (Fsp3) is 0.579. The maximum atomic E-state index is 12.9. The molecule has 2 aliphatic rings. The van der Waals surface area contributed by atoms with Gasteiger partial charge in [0.25, 0.3) is 5.91 Å². The maximum absolute atomic E-state index is 12.9. The Bertz CT molecular complexity index is 721. The minimum Gasteiger partial charge on any atom is -0.441 e. The van der Waals surface area contributed by atoms with Gasteiger partial charge in [-0.25, -0.2) is 4.98 Å². The highest BCUT2D eigenvalue weighted by Gasteiger charge is 2.38. The number of hydrogen-bond donors (Lipinski definition) is 0. The van der Waals surface area contributed by atoms with E-state index in [1.165, 1.54) is 19.3 Å². The number of amides is 1. The van der Waals surface area contributed by atoms with Crippen molar-refractivity contribution in [1.29, 1.82) is 0 Å². The molecule has 2 heterocycles. The second-order valence-corrected chi connectivity index (χ2v) is 7.04. The Morgan fingerprint density at radius 3 is 3.13 bits per heavy atom. The number of unbranched alkanes of at least 4 members (excludes halogenated alkanes) is 1. The van der Waals surface area contributed by atoms with Gasteiger partial charge in [0.05, 0.1) is 0 Å². The third-order valence-corrected chi connectivity index (χ3v) is 5.33. The van der Waals surface area contributed by atoms with Crippen LogP contribution in [-0.4, -0.2) is 28.4 Å². The number of aromatic nitrogens is 1. The molecule has 0 spiro atoms. The van der Waals surface area contributed by atoms with Gasteiger partial charge in [-0.2, -0.15) is 0 Å². The number of hydrogen-bond acceptors (Lipinski definition) is 3. The third kappa shape index (κ3) is 2.75. The van der Waals surface area contributed by atoms with Crippen LogP contribution in [0.15, 0.2) is 22.6 Å². The summed E-state index contributed by atoms with van der Waals surface area (Å²) < 4.78 is 5.76. The van der Waals surface area contributed by atoms with E-state index in [1.807, 2.05) is 18.2 Å². The fourth-order valence-electron chi connectivity index (χ4n) is 4.10. The van der Waals surface area contributed by atoms with Gasteiger partial charge >= 0.3 is 0 Å². The summed E-state index contributed by atoms with van der Waals surface area (Å²) >= 11 is 0. The van der Waals surface area contributed by atoms with Gasteiger partial charge in [-0.3, -0.25) is 4.79 Å². The molecule has 1 aromatic heterocycles. The minimum absolute atomic E-state index is 0.166. The van der Waals surface area contributed by atoms with Crippen LogP contribution >= 0.6 is 0 Å². The van der Waals surface area contributed by atoms with Crippen LogP contribution in [0.4, 0.5) is 0 Å². The second kappa shape index (κ2) is 5.99. The largest absolute Gasteiger partial charge is 0.441 e. The van der Waals surface area contributed by atoms with Gasteiger partial charge < -0.3 is 9.32 Å². The fourth-order valence-corrected chi connectivity index (χ4v) is 4.10. The summed E-state index contributed by atoms with van der Waals surface area (Å²) in [5, 5.41) is 0. The van der Waals surface area contributed by atoms with Crippen molar-refractivity contribution in [2.75, 3.05) is 6.54 Å². The zero-order valence-corrected chi connectivity index (χ0v) is 13.8. The highest BCUT2D eigenvalue weighted by atomic mass is 16.3. The van der Waals surface area contributed by atoms with Crippen molar-refractivity contribution in [3.63, 3.8) is 0 Å². The van der Waals surface area contributed by atoms with Crippen molar-refractivity contribution in [2.24, 2.45) is 5.92 Å². The molecule has 4 heteroatoms. The molecule has 4 nitrogen and oxygen atoms in total. The van der Waals surface area contributed by atoms with Crippen LogP contribution in [0.1, 0.15) is 61.7 Å². The molecule has 0 N–H and O–H groups in total. The second-order valence-electron chi connectivity index (χ2n) is 7.04. The first-order valence-corrected chi connectivity index (χ1v) is 8.95. The molecule has 4 rings (SSSR count). The van der Waals surface area contributed by atoms with Gasteiger partial charge in [-0.05, 0) is 49.8 Å². The van der Waals surface area contributed by atoms with Gasteiger partial charge in [-0.1, -0.05) is 19.8 Å². The van der Waals surface area contributed by atoms with Crippen molar-refractivity contribution in [1.82, 2.24) is 9.88 Å². The predicted octanol–water partition coefficient (Wildman–Crippen LogP) is 4.19. The van der Waals surface area contributed by atoms with Gasteiger partial charge in [-0.15, -0.1) is 0 Å². The highest BCUT2D eigenvalue weighted by molar-refractivity contribution is 5.97. The highest BCUT2D eigenvalue weighted by Crippen LogP contribution is 2.36. The Balaban J connectivity index is 1.57. The molecule has 2 aromatic rings. The van der Waals surface area contributed by atoms with Crippen LogP contribution in [-0.2, 0) is 6.42 Å². The quantitative estimate of drug-likeness (QED) is 0.850. The molecule has 23 heavy (non-hydrogen) atoms. The Kier molecular flexibility index (Phi) is 3.83. The number of aryl methyl sites for hydroxylation is 1. The summed E-state index contributed by atoms with van der Waals surface area (Å²) in [6.07, 6.45) is 7.97. The summed E-state index contributed by atoms with van der Waals surface area (Å²) in [6, 6.07) is 6.14. The molecule has 2 bridgehead atoms. The number of nitrogens with zero attached hydrogens (tertiary/aromatic N) is 2. The Hall–Kier alpha value is -1.84. The average Bonchev–Trinajstić information content (AvgIpc) is 3.11. The van der Waals surface area contributed by atoms with Crippen molar-refractivity contribution >= 4 is 17.0 Å². The zero-order valence-electron chi connectivity index (χ0n) is 13.8. The van der Waals surface area contributed by atoms with E-state index in [-0.39, 0.29) is 5.91 Å². The van der Waals surface area contributed by atoms with Crippen LogP contribution in [0.5, 0.6) is 0 Å². The molecular formula is C19H24N2O2. The maximum Gasteiger partial charge on any atom is 0.254 e. The monoisotopic (exact) mass is 312 g/mol. The molecule has 1 aliphatic heterocycles. The normalized spacial score (nSPS) is 23.6. The number of benzene rings is 1. The zero-order chi connectivity index (χ0) is 15.8. The van der Waals surface area contributed by atoms with E-state index in [1.54, 1.807) is 0 Å². The van der Waals surface area contributed by atoms with Crippen LogP contribution in [0.3, 0.4) is 0 Å². The summed E-state index contributed by atoms with van der Waals surface area (Å²) in [4.78, 5) is 19.5. The number of likely N-dealkylation sites (tertiary alicyclic amines) is 1. The van der Waals surface area contributed by atoms with E-state index in [4.69, 9.17) is 4.42 Å². The predicted molar refractivity (Wildman–Crippen MR) is 89.4 cm³/mol. The first kappa shape index (κ1) is 14.7. The first-order valence-electron chi connectivity index (χ1n) is 8.95. The first-order chi connectivity index (χ1) is 11.2. The Morgan fingerprint density at radius 1 is 1.39 bits per heavy atom. The third-order valence-electron chi connectivity index (χ3n) is 5.33. The van der Waals surface area contributed by atoms with E-state index in [2.05, 4.69) is 16.8 Å². The van der Waals surface area contributed by atoms with E-state index in [0.29, 0.717) is 12.0 Å². The van der Waals surface area contributed by atoms with E-state index >= 15 is 0 Å². The Morgan fingerprint density at radius 2 is 2.30 bits per heavy atom. The number of carbonyl (C=O) groups excluding carboxylic acids is 1. The van der Waals surface area contributed by atoms with Crippen LogP contribution in [0.25, 0.3) is 11.1 Å². The molecule has 1 aromatic carbocycles. The summed E-state index contributed by atoms with van der Waals surface area (Å²) in [6.45, 7) is 3.09. The minimum atomic E-state index is 0.166. The van der Waals surface area contributed by atoms with Crippen molar-refractivity contribution in [3.8, 4) is 0 Å². The number of oxazole rings is 1. The lowest BCUT2D eigenvalue weighted by molar-refractivity contribution is 0.0733. The van der Waals surface area contributed by atoms with Gasteiger partial charge in [0.1, 0.15) is 5.52 Å². The molecule has 1 aliphatic carbocycles. The molecule has 2 fully saturated rings. The summed E-state index contributed by atoms with van der Waals surface area (Å²) in [5.74, 6) is 1.66. The smallest absolute Gasteiger partial charge is 0.254 e. The molecule has 1 saturated carbocycles. The molecule has 122 valence electrons. The molecule has 0 radical (unpaired) electrons. The lowest BCUT2D eigenvalue weighted by Crippen LogP contribution is -2.35. The van der Waals surface area contributed by atoms with Crippen molar-refractivity contribution in [2.45, 2.75) is 57.9 Å². The standard InChI is InChI=1S/C19H24N2O2/c1-2-3-7-18-20-16-11-14(8-9-17(16)23-18)19(22)21-12-13-5-4-6-15(21)10-13/h8-9,11,13,15H,2-7,10,12H2,1H3/t13-,15+/m0/s1. The van der Waals surface area contributed by atoms with E-state index in [9.17, 15) is 4.79 Å². The van der Waals surface area contributed by atoms with Gasteiger partial charge in [0.15, 0.2) is 11.5 Å². The topological polar surface area (TPSA) is 46.3 Å². The van der Waals surface area contributed by atoms with Crippen LogP contribution in [0.2, 0.25) is 0 Å². The number of rotatable bonds is 4. The summed E-state index contributed by atoms with van der Waals surface area (Å²) in [5.41, 5.74) is 2.34. The van der Waals surface area contributed by atoms with E-state index in [0.717, 1.165) is 54.8 Å². The number of fused-ring (bicyclic) bond motifs is 3. The van der Waals surface area contributed by atoms with Gasteiger partial charge in [0.2, 0.25) is 0 Å². The average molecular weight is 312 g/mol. The number of carbonyl (C=O) groups is 1. The van der Waals surface area contributed by atoms with Crippen molar-refractivity contribution < 1.29 is 9.21 Å². The van der Waals surface area contributed by atoms with Crippen molar-refractivity contribution in [3.05, 3.63) is 29.7 Å². The SMILES string of the molecule is CCCCc1nc2cc(C(=O)N3C[C@H]4CCC[C@@H]3C4)ccc2o1.